The molecule has 0 spiro atoms. The molecule has 1 aliphatic rings. The maximum Gasteiger partial charge on any atom is 0.164 e. The zero-order valence-corrected chi connectivity index (χ0v) is 10.6. The van der Waals surface area contributed by atoms with Crippen molar-refractivity contribution in [2.45, 2.75) is 18.3 Å². The van der Waals surface area contributed by atoms with Gasteiger partial charge in [0.25, 0.3) is 0 Å². The second-order valence-electron chi connectivity index (χ2n) is 4.36. The fraction of sp³-hybridized carbons (Fsp3) is 0.500. The summed E-state index contributed by atoms with van der Waals surface area (Å²) in [5.41, 5.74) is -0.103. The van der Waals surface area contributed by atoms with E-state index in [2.05, 4.69) is 12.6 Å². The van der Waals surface area contributed by atoms with Gasteiger partial charge in [0.05, 0.1) is 13.3 Å². The molecule has 6 heteroatoms. The summed E-state index contributed by atoms with van der Waals surface area (Å²) in [4.78, 5) is 2.02. The lowest BCUT2D eigenvalue weighted by Crippen LogP contribution is -2.24. The van der Waals surface area contributed by atoms with Crippen molar-refractivity contribution < 1.29 is 17.9 Å². The van der Waals surface area contributed by atoms with E-state index in [1.54, 1.807) is 0 Å². The van der Waals surface area contributed by atoms with Crippen LogP contribution in [-0.2, 0) is 11.3 Å². The van der Waals surface area contributed by atoms with Gasteiger partial charge in [-0.3, -0.25) is 4.90 Å². The van der Waals surface area contributed by atoms with E-state index >= 15 is 0 Å². The number of likely N-dealkylation sites (tertiary alicyclic amines) is 1. The zero-order valence-electron chi connectivity index (χ0n) is 9.70. The summed E-state index contributed by atoms with van der Waals surface area (Å²) in [7, 11) is 0. The first-order valence-corrected chi connectivity index (χ1v) is 6.19. The second-order valence-corrected chi connectivity index (χ2v) is 5.09. The quantitative estimate of drug-likeness (QED) is 0.671. The predicted octanol–water partition coefficient (Wildman–Crippen LogP) is 2.58. The van der Waals surface area contributed by atoms with Crippen LogP contribution in [0.4, 0.5) is 13.2 Å². The molecule has 0 aliphatic carbocycles. The van der Waals surface area contributed by atoms with Crippen LogP contribution in [0.3, 0.4) is 0 Å². The molecule has 2 rings (SSSR count). The van der Waals surface area contributed by atoms with Crippen molar-refractivity contribution in [2.75, 3.05) is 19.8 Å². The fourth-order valence-corrected chi connectivity index (χ4v) is 2.27. The lowest BCUT2D eigenvalue weighted by atomic mass is 10.2. The molecular formula is C12H14F3NOS. The van der Waals surface area contributed by atoms with Gasteiger partial charge in [0.2, 0.25) is 0 Å². The van der Waals surface area contributed by atoms with Crippen LogP contribution in [0.25, 0.3) is 0 Å². The number of benzene rings is 1. The number of rotatable bonds is 4. The van der Waals surface area contributed by atoms with Crippen LogP contribution in [0, 0.1) is 17.5 Å². The Hall–Kier alpha value is -0.720. The Balaban J connectivity index is 1.87. The summed E-state index contributed by atoms with van der Waals surface area (Å²) in [5.74, 6) is -3.04. The van der Waals surface area contributed by atoms with Crippen molar-refractivity contribution in [2.24, 2.45) is 0 Å². The summed E-state index contributed by atoms with van der Waals surface area (Å²) in [6.45, 7) is 1.85. The van der Waals surface area contributed by atoms with Gasteiger partial charge in [-0.25, -0.2) is 13.2 Å². The van der Waals surface area contributed by atoms with Crippen molar-refractivity contribution in [3.8, 4) is 0 Å². The van der Waals surface area contributed by atoms with E-state index in [1.807, 2.05) is 4.90 Å². The molecule has 1 heterocycles. The van der Waals surface area contributed by atoms with Gasteiger partial charge in [-0.2, -0.15) is 12.6 Å². The van der Waals surface area contributed by atoms with Crippen molar-refractivity contribution >= 4 is 12.6 Å². The van der Waals surface area contributed by atoms with E-state index in [1.165, 1.54) is 0 Å². The fourth-order valence-electron chi connectivity index (χ4n) is 1.93. The smallest absolute Gasteiger partial charge is 0.164 e. The van der Waals surface area contributed by atoms with E-state index in [4.69, 9.17) is 4.74 Å². The first kappa shape index (κ1) is 13.7. The molecule has 2 nitrogen and oxygen atoms in total. The standard InChI is InChI=1S/C12H14F3NOS/c13-9-3-8(12(15)11(14)4-9)6-17-7-16-2-1-10(18)5-16/h3-4,10,18H,1-2,5-7H2. The SMILES string of the molecule is Fc1cc(F)c(F)c(COCN2CCC(S)C2)c1. The first-order chi connectivity index (χ1) is 8.56. The Morgan fingerprint density at radius 1 is 1.33 bits per heavy atom. The first-order valence-electron chi connectivity index (χ1n) is 5.68. The highest BCUT2D eigenvalue weighted by Gasteiger charge is 2.19. The Morgan fingerprint density at radius 3 is 2.78 bits per heavy atom. The highest BCUT2D eigenvalue weighted by molar-refractivity contribution is 7.81. The van der Waals surface area contributed by atoms with Crippen molar-refractivity contribution in [3.05, 3.63) is 35.1 Å². The van der Waals surface area contributed by atoms with Gasteiger partial charge in [-0.05, 0) is 12.5 Å². The minimum Gasteiger partial charge on any atom is -0.361 e. The van der Waals surface area contributed by atoms with Gasteiger partial charge in [-0.15, -0.1) is 0 Å². The van der Waals surface area contributed by atoms with Crippen molar-refractivity contribution in [3.63, 3.8) is 0 Å². The lowest BCUT2D eigenvalue weighted by Gasteiger charge is -2.15. The summed E-state index contributed by atoms with van der Waals surface area (Å²) >= 11 is 4.33. The van der Waals surface area contributed by atoms with Crippen LogP contribution in [-0.4, -0.2) is 30.0 Å². The van der Waals surface area contributed by atoms with Gasteiger partial charge >= 0.3 is 0 Å². The summed E-state index contributed by atoms with van der Waals surface area (Å²) in [5, 5.41) is 0.331. The maximum absolute atomic E-state index is 13.3. The highest BCUT2D eigenvalue weighted by Crippen LogP contribution is 2.17. The number of nitrogens with zero attached hydrogens (tertiary/aromatic N) is 1. The molecule has 1 unspecified atom stereocenters. The molecule has 0 saturated carbocycles. The molecule has 1 aromatic carbocycles. The Morgan fingerprint density at radius 2 is 2.11 bits per heavy atom. The van der Waals surface area contributed by atoms with Gasteiger partial charge in [0.1, 0.15) is 5.82 Å². The molecule has 18 heavy (non-hydrogen) atoms. The minimum atomic E-state index is -1.19. The molecule has 0 amide bonds. The summed E-state index contributed by atoms with van der Waals surface area (Å²) in [6.07, 6.45) is 0.982. The number of halogens is 3. The third-order valence-corrected chi connectivity index (χ3v) is 3.27. The normalized spacial score (nSPS) is 20.6. The Bertz CT molecular complexity index is 430. The van der Waals surface area contributed by atoms with E-state index in [9.17, 15) is 13.2 Å². The minimum absolute atomic E-state index is 0.103. The summed E-state index contributed by atoms with van der Waals surface area (Å²) < 4.78 is 44.4. The molecule has 0 N–H and O–H groups in total. The van der Waals surface area contributed by atoms with Crippen molar-refractivity contribution in [1.82, 2.24) is 4.90 Å². The molecule has 100 valence electrons. The lowest BCUT2D eigenvalue weighted by molar-refractivity contribution is 0.0298. The Kier molecular flexibility index (Phi) is 4.53. The average molecular weight is 277 g/mol. The van der Waals surface area contributed by atoms with Crippen LogP contribution in [0.1, 0.15) is 12.0 Å². The highest BCUT2D eigenvalue weighted by atomic mass is 32.1. The van der Waals surface area contributed by atoms with Crippen LogP contribution >= 0.6 is 12.6 Å². The Labute approximate surface area is 109 Å². The molecule has 0 bridgehead atoms. The molecule has 1 fully saturated rings. The maximum atomic E-state index is 13.3. The van der Waals surface area contributed by atoms with Crippen LogP contribution in [0.2, 0.25) is 0 Å². The summed E-state index contributed by atoms with van der Waals surface area (Å²) in [6, 6.07) is 1.47. The second kappa shape index (κ2) is 5.95. The van der Waals surface area contributed by atoms with Gasteiger partial charge in [-0.1, -0.05) is 0 Å². The van der Waals surface area contributed by atoms with Crippen LogP contribution in [0.15, 0.2) is 12.1 Å². The molecule has 1 saturated heterocycles. The largest absolute Gasteiger partial charge is 0.361 e. The van der Waals surface area contributed by atoms with E-state index < -0.39 is 17.5 Å². The van der Waals surface area contributed by atoms with Crippen LogP contribution < -0.4 is 0 Å². The molecule has 1 atom stereocenters. The number of ether oxygens (including phenoxy) is 1. The van der Waals surface area contributed by atoms with Gasteiger partial charge in [0, 0.05) is 30.0 Å². The number of thiol groups is 1. The monoisotopic (exact) mass is 277 g/mol. The van der Waals surface area contributed by atoms with E-state index in [0.717, 1.165) is 25.6 Å². The molecule has 0 radical (unpaired) electrons. The zero-order chi connectivity index (χ0) is 13.1. The molecule has 0 aromatic heterocycles. The third kappa shape index (κ3) is 3.40. The van der Waals surface area contributed by atoms with Gasteiger partial charge < -0.3 is 4.74 Å². The molecular weight excluding hydrogens is 263 g/mol. The van der Waals surface area contributed by atoms with Gasteiger partial charge in [0.15, 0.2) is 11.6 Å². The van der Waals surface area contributed by atoms with Crippen molar-refractivity contribution in [1.29, 1.82) is 0 Å². The van der Waals surface area contributed by atoms with E-state index in [-0.39, 0.29) is 12.2 Å². The number of hydrogen-bond acceptors (Lipinski definition) is 3. The van der Waals surface area contributed by atoms with E-state index in [0.29, 0.717) is 18.0 Å². The molecule has 1 aliphatic heterocycles. The third-order valence-electron chi connectivity index (χ3n) is 2.85. The topological polar surface area (TPSA) is 12.5 Å². The predicted molar refractivity (Wildman–Crippen MR) is 64.9 cm³/mol. The number of hydrogen-bond donors (Lipinski definition) is 1. The van der Waals surface area contributed by atoms with Crippen LogP contribution in [0.5, 0.6) is 0 Å². The molecule has 1 aromatic rings. The average Bonchev–Trinajstić information content (AvgIpc) is 2.71.